The monoisotopic (exact) mass is 422 g/mol. The van der Waals surface area contributed by atoms with E-state index in [1.54, 1.807) is 31.4 Å². The standard InChI is InChI=1S/C22H26N6O.C2H6.H2/c1-15(25-13-16-6-4-3-5-7-16)12-26-21-11-20(27-14-28-21)22(24)18-10-17(29-2)8-9-19(18)23;1-2;/h3-11,14-15,24-25H,12-13,23H2,1-2H3,(H,26,27,28);1-2H3;1H/t15-;;/m0../s1. The highest BCUT2D eigenvalue weighted by atomic mass is 16.5. The molecule has 0 amide bonds. The number of hydrogen-bond donors (Lipinski definition) is 4. The molecule has 166 valence electrons. The maximum absolute atomic E-state index is 8.49. The lowest BCUT2D eigenvalue weighted by Crippen LogP contribution is -2.32. The van der Waals surface area contributed by atoms with E-state index in [2.05, 4.69) is 39.7 Å². The van der Waals surface area contributed by atoms with Crippen LogP contribution in [0.2, 0.25) is 0 Å². The zero-order chi connectivity index (χ0) is 22.6. The molecular weight excluding hydrogens is 388 g/mol. The zero-order valence-electron chi connectivity index (χ0n) is 18.6. The Morgan fingerprint density at radius 1 is 1.13 bits per heavy atom. The van der Waals surface area contributed by atoms with Gasteiger partial charge in [0.2, 0.25) is 0 Å². The maximum Gasteiger partial charge on any atom is 0.130 e. The topological polar surface area (TPSA) is 109 Å². The lowest BCUT2D eigenvalue weighted by atomic mass is 10.0. The molecule has 3 rings (SSSR count). The summed E-state index contributed by atoms with van der Waals surface area (Å²) in [5.41, 5.74) is 9.08. The number of rotatable bonds is 9. The number of benzene rings is 2. The molecule has 0 radical (unpaired) electrons. The number of anilines is 2. The molecule has 0 saturated heterocycles. The smallest absolute Gasteiger partial charge is 0.130 e. The van der Waals surface area contributed by atoms with Crippen LogP contribution in [0, 0.1) is 5.41 Å². The molecule has 2 aromatic carbocycles. The summed E-state index contributed by atoms with van der Waals surface area (Å²) >= 11 is 0. The van der Waals surface area contributed by atoms with Crippen LogP contribution in [-0.2, 0) is 6.54 Å². The summed E-state index contributed by atoms with van der Waals surface area (Å²) in [6.07, 6.45) is 1.45. The van der Waals surface area contributed by atoms with E-state index in [1.807, 2.05) is 32.0 Å². The van der Waals surface area contributed by atoms with Crippen LogP contribution in [0.3, 0.4) is 0 Å². The Balaban J connectivity index is 0.00000166. The number of hydrogen-bond acceptors (Lipinski definition) is 7. The second-order valence-corrected chi connectivity index (χ2v) is 6.77. The van der Waals surface area contributed by atoms with Gasteiger partial charge < -0.3 is 21.1 Å². The molecule has 0 unspecified atom stereocenters. The molecule has 3 aromatic rings. The van der Waals surface area contributed by atoms with Crippen molar-refractivity contribution < 1.29 is 6.16 Å². The van der Waals surface area contributed by atoms with Crippen molar-refractivity contribution in [1.82, 2.24) is 15.3 Å². The normalized spacial score (nSPS) is 11.1. The molecule has 5 N–H and O–H groups in total. The SMILES string of the molecule is CC.COc1ccc(N)c(C(=N)c2cc(NC[C@H](C)NCc3ccccc3)ncn2)c1.[HH]. The Morgan fingerprint density at radius 3 is 2.58 bits per heavy atom. The van der Waals surface area contributed by atoms with Crippen LogP contribution in [0.5, 0.6) is 5.75 Å². The summed E-state index contributed by atoms with van der Waals surface area (Å²) in [5, 5.41) is 15.3. The molecular formula is C24H34N6O. The predicted octanol–water partition coefficient (Wildman–Crippen LogP) is 4.35. The third-order valence-electron chi connectivity index (χ3n) is 4.54. The fraction of sp³-hybridized carbons (Fsp3) is 0.292. The quantitative estimate of drug-likeness (QED) is 0.302. The lowest BCUT2D eigenvalue weighted by Gasteiger charge is -2.15. The molecule has 0 spiro atoms. The molecule has 0 fully saturated rings. The molecule has 0 aliphatic carbocycles. The highest BCUT2D eigenvalue weighted by Crippen LogP contribution is 2.22. The second-order valence-electron chi connectivity index (χ2n) is 6.77. The molecule has 1 atom stereocenters. The number of nitrogen functional groups attached to an aromatic ring is 1. The molecule has 0 saturated carbocycles. The first-order valence-corrected chi connectivity index (χ1v) is 10.4. The zero-order valence-corrected chi connectivity index (χ0v) is 18.6. The minimum atomic E-state index is 0. The Kier molecular flexibility index (Phi) is 9.45. The number of nitrogens with two attached hydrogens (primary N) is 1. The van der Waals surface area contributed by atoms with Crippen LogP contribution in [0.1, 0.15) is 39.0 Å². The molecule has 0 aliphatic heterocycles. The minimum absolute atomic E-state index is 0. The third-order valence-corrected chi connectivity index (χ3v) is 4.54. The summed E-state index contributed by atoms with van der Waals surface area (Å²) in [4.78, 5) is 8.49. The van der Waals surface area contributed by atoms with Crippen LogP contribution in [0.25, 0.3) is 0 Å². The largest absolute Gasteiger partial charge is 0.497 e. The van der Waals surface area contributed by atoms with Gasteiger partial charge in [0.25, 0.3) is 0 Å². The van der Waals surface area contributed by atoms with Gasteiger partial charge in [-0.1, -0.05) is 44.2 Å². The van der Waals surface area contributed by atoms with Crippen molar-refractivity contribution in [3.63, 3.8) is 0 Å². The maximum atomic E-state index is 8.49. The van der Waals surface area contributed by atoms with Gasteiger partial charge in [0.15, 0.2) is 0 Å². The van der Waals surface area contributed by atoms with Crippen LogP contribution < -0.4 is 21.1 Å². The van der Waals surface area contributed by atoms with Gasteiger partial charge in [-0.2, -0.15) is 0 Å². The number of ether oxygens (including phenoxy) is 1. The Morgan fingerprint density at radius 2 is 1.87 bits per heavy atom. The average molecular weight is 423 g/mol. The van der Waals surface area contributed by atoms with Crippen molar-refractivity contribution in [1.29, 1.82) is 5.41 Å². The summed E-state index contributed by atoms with van der Waals surface area (Å²) in [6.45, 7) is 7.60. The van der Waals surface area contributed by atoms with Crippen molar-refractivity contribution in [2.75, 3.05) is 24.7 Å². The Hall–Kier alpha value is -3.45. The number of methoxy groups -OCH3 is 1. The first-order chi connectivity index (χ1) is 15.1. The lowest BCUT2D eigenvalue weighted by molar-refractivity contribution is 0.415. The summed E-state index contributed by atoms with van der Waals surface area (Å²) in [7, 11) is 1.58. The minimum Gasteiger partial charge on any atom is -0.497 e. The highest BCUT2D eigenvalue weighted by molar-refractivity contribution is 6.13. The van der Waals surface area contributed by atoms with Crippen molar-refractivity contribution in [3.05, 3.63) is 77.7 Å². The fourth-order valence-electron chi connectivity index (χ4n) is 2.83. The van der Waals surface area contributed by atoms with E-state index in [0.29, 0.717) is 35.1 Å². The first-order valence-electron chi connectivity index (χ1n) is 10.4. The fourth-order valence-corrected chi connectivity index (χ4v) is 2.83. The Labute approximate surface area is 186 Å². The van der Waals surface area contributed by atoms with Gasteiger partial charge in [-0.25, -0.2) is 9.97 Å². The molecule has 31 heavy (non-hydrogen) atoms. The molecule has 7 heteroatoms. The first kappa shape index (κ1) is 23.8. The van der Waals surface area contributed by atoms with Crippen molar-refractivity contribution >= 4 is 17.2 Å². The van der Waals surface area contributed by atoms with Crippen molar-refractivity contribution in [2.24, 2.45) is 0 Å². The van der Waals surface area contributed by atoms with Gasteiger partial charge in [-0.3, -0.25) is 5.41 Å². The van der Waals surface area contributed by atoms with E-state index in [1.165, 1.54) is 11.9 Å². The van der Waals surface area contributed by atoms with Crippen LogP contribution >= 0.6 is 0 Å². The van der Waals surface area contributed by atoms with E-state index in [0.717, 1.165) is 6.54 Å². The van der Waals surface area contributed by atoms with Crippen molar-refractivity contribution in [3.8, 4) is 5.75 Å². The van der Waals surface area contributed by atoms with Gasteiger partial charge >= 0.3 is 0 Å². The van der Waals surface area contributed by atoms with Crippen molar-refractivity contribution in [2.45, 2.75) is 33.4 Å². The van der Waals surface area contributed by atoms with Crippen LogP contribution in [0.15, 0.2) is 60.9 Å². The predicted molar refractivity (Wildman–Crippen MR) is 130 cm³/mol. The summed E-state index contributed by atoms with van der Waals surface area (Å²) in [6, 6.07) is 17.5. The molecule has 7 nitrogen and oxygen atoms in total. The molecule has 1 aromatic heterocycles. The van der Waals surface area contributed by atoms with Gasteiger partial charge in [0, 0.05) is 37.9 Å². The van der Waals surface area contributed by atoms with Gasteiger partial charge in [-0.05, 0) is 30.7 Å². The second kappa shape index (κ2) is 12.3. The van der Waals surface area contributed by atoms with Gasteiger partial charge in [0.05, 0.1) is 18.5 Å². The number of nitrogens with zero attached hydrogens (tertiary/aromatic N) is 2. The van der Waals surface area contributed by atoms with Gasteiger partial charge in [0.1, 0.15) is 17.9 Å². The highest BCUT2D eigenvalue weighted by Gasteiger charge is 2.12. The number of aromatic nitrogens is 2. The molecule has 0 aliphatic rings. The summed E-state index contributed by atoms with van der Waals surface area (Å²) < 4.78 is 5.24. The third kappa shape index (κ3) is 7.08. The molecule has 0 bridgehead atoms. The van der Waals surface area contributed by atoms with E-state index < -0.39 is 0 Å². The van der Waals surface area contributed by atoms with Crippen LogP contribution in [0.4, 0.5) is 11.5 Å². The molecule has 1 heterocycles. The van der Waals surface area contributed by atoms with Crippen LogP contribution in [-0.4, -0.2) is 35.4 Å². The van der Waals surface area contributed by atoms with E-state index in [-0.39, 0.29) is 13.2 Å². The van der Waals surface area contributed by atoms with E-state index >= 15 is 0 Å². The Bertz CT molecular complexity index is 968. The number of nitrogens with one attached hydrogen (secondary N) is 3. The summed E-state index contributed by atoms with van der Waals surface area (Å²) in [5.74, 6) is 1.30. The van der Waals surface area contributed by atoms with E-state index in [9.17, 15) is 0 Å². The average Bonchev–Trinajstić information content (AvgIpc) is 2.83. The van der Waals surface area contributed by atoms with E-state index in [4.69, 9.17) is 15.9 Å². The van der Waals surface area contributed by atoms with Gasteiger partial charge in [-0.15, -0.1) is 0 Å².